The highest BCUT2D eigenvalue weighted by Gasteiger charge is 2.59. The third-order valence-corrected chi connectivity index (χ3v) is 9.25. The van der Waals surface area contributed by atoms with Crippen molar-refractivity contribution in [1.29, 1.82) is 0 Å². The quantitative estimate of drug-likeness (QED) is 0.424. The molecular weight excluding hydrogens is 478 g/mol. The van der Waals surface area contributed by atoms with Gasteiger partial charge in [-0.05, 0) is 54.9 Å². The van der Waals surface area contributed by atoms with Gasteiger partial charge in [0.15, 0.2) is 5.13 Å². The van der Waals surface area contributed by atoms with E-state index in [-0.39, 0.29) is 48.6 Å². The highest BCUT2D eigenvalue weighted by atomic mass is 32.1. The zero-order valence-corrected chi connectivity index (χ0v) is 21.7. The van der Waals surface area contributed by atoms with Gasteiger partial charge >= 0.3 is 0 Å². The second-order valence-electron chi connectivity index (χ2n) is 10.2. The SMILES string of the molecule is C#CCNC(=O)C[C@@H]1c2nc(NC(=O)c3ccc(OC)cc3)sc2C[C@@H]2[C@](C)(CO)[C@H](O)CC[C@]21C. The number of hydrogen-bond acceptors (Lipinski definition) is 7. The molecule has 2 aliphatic rings. The number of terminal acetylenes is 1. The van der Waals surface area contributed by atoms with Crippen molar-refractivity contribution in [3.05, 3.63) is 40.4 Å². The lowest BCUT2D eigenvalue weighted by Crippen LogP contribution is -2.57. The molecule has 0 saturated heterocycles. The zero-order chi connectivity index (χ0) is 26.1. The smallest absolute Gasteiger partial charge is 0.257 e. The van der Waals surface area contributed by atoms with E-state index in [1.807, 2.05) is 6.92 Å². The molecule has 192 valence electrons. The van der Waals surface area contributed by atoms with Crippen molar-refractivity contribution in [3.63, 3.8) is 0 Å². The van der Waals surface area contributed by atoms with Crippen molar-refractivity contribution in [1.82, 2.24) is 10.3 Å². The Morgan fingerprint density at radius 3 is 2.67 bits per heavy atom. The highest BCUT2D eigenvalue weighted by molar-refractivity contribution is 7.15. The van der Waals surface area contributed by atoms with Crippen LogP contribution in [0, 0.1) is 29.1 Å². The van der Waals surface area contributed by atoms with Gasteiger partial charge in [0.2, 0.25) is 5.91 Å². The number of thiazole rings is 1. The maximum Gasteiger partial charge on any atom is 0.257 e. The summed E-state index contributed by atoms with van der Waals surface area (Å²) in [6.07, 6.45) is 6.72. The Morgan fingerprint density at radius 2 is 2.03 bits per heavy atom. The van der Waals surface area contributed by atoms with Crippen LogP contribution in [-0.2, 0) is 11.2 Å². The maximum absolute atomic E-state index is 12.9. The second-order valence-corrected chi connectivity index (χ2v) is 11.3. The van der Waals surface area contributed by atoms with Crippen molar-refractivity contribution >= 4 is 28.3 Å². The molecular formula is C27H33N3O5S. The molecule has 1 saturated carbocycles. The number of aromatic nitrogens is 1. The van der Waals surface area contributed by atoms with E-state index in [0.717, 1.165) is 10.6 Å². The van der Waals surface area contributed by atoms with Crippen LogP contribution >= 0.6 is 11.3 Å². The van der Waals surface area contributed by atoms with Crippen LogP contribution in [0.2, 0.25) is 0 Å². The first-order chi connectivity index (χ1) is 17.2. The van der Waals surface area contributed by atoms with E-state index in [0.29, 0.717) is 35.7 Å². The van der Waals surface area contributed by atoms with Gasteiger partial charge in [0.25, 0.3) is 5.91 Å². The second kappa shape index (κ2) is 10.2. The number of amides is 2. The van der Waals surface area contributed by atoms with Crippen molar-refractivity contribution in [3.8, 4) is 18.1 Å². The minimum Gasteiger partial charge on any atom is -0.497 e. The lowest BCUT2D eigenvalue weighted by Gasteiger charge is -2.58. The van der Waals surface area contributed by atoms with Gasteiger partial charge in [-0.1, -0.05) is 19.8 Å². The van der Waals surface area contributed by atoms with Crippen LogP contribution in [0.25, 0.3) is 0 Å². The average molecular weight is 512 g/mol. The predicted octanol–water partition coefficient (Wildman–Crippen LogP) is 2.96. The summed E-state index contributed by atoms with van der Waals surface area (Å²) >= 11 is 1.39. The Kier molecular flexibility index (Phi) is 7.41. The lowest BCUT2D eigenvalue weighted by molar-refractivity contribution is -0.144. The summed E-state index contributed by atoms with van der Waals surface area (Å²) in [6, 6.07) is 6.81. The number of nitrogens with one attached hydrogen (secondary N) is 2. The topological polar surface area (TPSA) is 121 Å². The summed E-state index contributed by atoms with van der Waals surface area (Å²) in [5.74, 6) is 2.32. The Balaban J connectivity index is 1.68. The molecule has 0 unspecified atom stereocenters. The molecule has 2 amide bonds. The molecule has 0 aliphatic heterocycles. The summed E-state index contributed by atoms with van der Waals surface area (Å²) in [5.41, 5.74) is 0.194. The molecule has 2 aliphatic carbocycles. The van der Waals surface area contributed by atoms with Gasteiger partial charge in [0, 0.05) is 28.2 Å². The number of carbonyl (C=O) groups is 2. The molecule has 1 aromatic heterocycles. The minimum absolute atomic E-state index is 0.0673. The number of carbonyl (C=O) groups excluding carboxylic acids is 2. The van der Waals surface area contributed by atoms with E-state index in [4.69, 9.17) is 16.1 Å². The normalized spacial score (nSPS) is 28.8. The molecule has 0 bridgehead atoms. The van der Waals surface area contributed by atoms with Gasteiger partial charge in [-0.15, -0.1) is 17.8 Å². The molecule has 5 atom stereocenters. The van der Waals surface area contributed by atoms with E-state index >= 15 is 0 Å². The largest absolute Gasteiger partial charge is 0.497 e. The van der Waals surface area contributed by atoms with Gasteiger partial charge < -0.3 is 20.3 Å². The summed E-state index contributed by atoms with van der Waals surface area (Å²) in [4.78, 5) is 31.5. The molecule has 4 rings (SSSR count). The third kappa shape index (κ3) is 4.61. The zero-order valence-electron chi connectivity index (χ0n) is 20.8. The number of aliphatic hydroxyl groups is 2. The predicted molar refractivity (Wildman–Crippen MR) is 138 cm³/mol. The molecule has 36 heavy (non-hydrogen) atoms. The van der Waals surface area contributed by atoms with Gasteiger partial charge in [0.1, 0.15) is 5.75 Å². The van der Waals surface area contributed by atoms with Crippen molar-refractivity contribution in [2.24, 2.45) is 16.7 Å². The highest BCUT2D eigenvalue weighted by Crippen LogP contribution is 2.62. The van der Waals surface area contributed by atoms with Crippen LogP contribution in [0.3, 0.4) is 0 Å². The van der Waals surface area contributed by atoms with Gasteiger partial charge in [0.05, 0.1) is 32.1 Å². The molecule has 1 fully saturated rings. The van der Waals surface area contributed by atoms with E-state index in [1.165, 1.54) is 11.3 Å². The van der Waals surface area contributed by atoms with Gasteiger partial charge in [-0.2, -0.15) is 0 Å². The van der Waals surface area contributed by atoms with Gasteiger partial charge in [-0.25, -0.2) is 4.98 Å². The molecule has 0 radical (unpaired) electrons. The summed E-state index contributed by atoms with van der Waals surface area (Å²) in [5, 5.41) is 27.3. The van der Waals surface area contributed by atoms with Crippen LogP contribution in [0.1, 0.15) is 60.0 Å². The number of rotatable bonds is 7. The molecule has 1 heterocycles. The summed E-state index contributed by atoms with van der Waals surface area (Å²) in [6.45, 7) is 4.05. The molecule has 9 heteroatoms. The van der Waals surface area contributed by atoms with E-state index < -0.39 is 11.5 Å². The van der Waals surface area contributed by atoms with Gasteiger partial charge in [-0.3, -0.25) is 14.9 Å². The Morgan fingerprint density at radius 1 is 1.31 bits per heavy atom. The first kappa shape index (κ1) is 26.1. The number of ether oxygens (including phenoxy) is 1. The Bertz CT molecular complexity index is 1170. The van der Waals surface area contributed by atoms with Crippen molar-refractivity contribution < 1.29 is 24.5 Å². The first-order valence-corrected chi connectivity index (χ1v) is 12.9. The van der Waals surface area contributed by atoms with E-state index in [1.54, 1.807) is 31.4 Å². The lowest BCUT2D eigenvalue weighted by atomic mass is 9.47. The van der Waals surface area contributed by atoms with Crippen LogP contribution in [0.15, 0.2) is 24.3 Å². The third-order valence-electron chi connectivity index (χ3n) is 8.24. The molecule has 8 nitrogen and oxygen atoms in total. The van der Waals surface area contributed by atoms with E-state index in [2.05, 4.69) is 23.5 Å². The first-order valence-electron chi connectivity index (χ1n) is 12.1. The van der Waals surface area contributed by atoms with Crippen molar-refractivity contribution in [2.75, 3.05) is 25.6 Å². The Labute approximate surface area is 215 Å². The molecule has 1 aromatic carbocycles. The van der Waals surface area contributed by atoms with Crippen molar-refractivity contribution in [2.45, 2.75) is 51.6 Å². The fourth-order valence-corrected chi connectivity index (χ4v) is 7.08. The standard InChI is InChI=1S/C27H33N3O5S/c1-5-12-28-22(33)13-18-23-19(14-20-26(18,2)11-10-21(32)27(20,3)15-31)36-25(29-23)30-24(34)16-6-8-17(35-4)9-7-16/h1,6-9,18,20-21,31-32H,10-15H2,2-4H3,(H,28,33)(H,29,30,34)/t18-,20+,21-,26+,27+/m1/s1. The maximum atomic E-state index is 12.9. The molecule has 0 spiro atoms. The number of anilines is 1. The van der Waals surface area contributed by atoms with Crippen LogP contribution < -0.4 is 15.4 Å². The average Bonchev–Trinajstić information content (AvgIpc) is 3.28. The minimum atomic E-state index is -0.714. The molecule has 2 aromatic rings. The Hall–Kier alpha value is -2.93. The fourth-order valence-electron chi connectivity index (χ4n) is 6.02. The van der Waals surface area contributed by atoms with Crippen LogP contribution in [0.5, 0.6) is 5.75 Å². The summed E-state index contributed by atoms with van der Waals surface area (Å²) < 4.78 is 5.16. The van der Waals surface area contributed by atoms with E-state index in [9.17, 15) is 19.8 Å². The summed E-state index contributed by atoms with van der Waals surface area (Å²) in [7, 11) is 1.57. The number of methoxy groups -OCH3 is 1. The number of nitrogens with zero attached hydrogens (tertiary/aromatic N) is 1. The fraction of sp³-hybridized carbons (Fsp3) is 0.519. The number of benzene rings is 1. The monoisotopic (exact) mass is 511 g/mol. The van der Waals surface area contributed by atoms with Crippen LogP contribution in [0.4, 0.5) is 5.13 Å². The number of hydrogen-bond donors (Lipinski definition) is 4. The molecule has 4 N–H and O–H groups in total. The number of fused-ring (bicyclic) bond motifs is 2. The van der Waals surface area contributed by atoms with Crippen LogP contribution in [-0.4, -0.2) is 53.4 Å². The number of aliphatic hydroxyl groups excluding tert-OH is 2.